The van der Waals surface area contributed by atoms with E-state index >= 15 is 0 Å². The van der Waals surface area contributed by atoms with E-state index in [1.807, 2.05) is 0 Å². The molecule has 0 saturated carbocycles. The van der Waals surface area contributed by atoms with Crippen molar-refractivity contribution < 1.29 is 18.6 Å². The third-order valence-corrected chi connectivity index (χ3v) is 4.43. The average Bonchev–Trinajstić information content (AvgIpc) is 2.38. The zero-order valence-corrected chi connectivity index (χ0v) is 11.4. The molecular formula is C12H18N2O4S. The van der Waals surface area contributed by atoms with E-state index in [9.17, 15) is 13.9 Å². The largest absolute Gasteiger partial charge is 0.385 e. The van der Waals surface area contributed by atoms with Crippen LogP contribution in [0, 0.1) is 5.41 Å². The van der Waals surface area contributed by atoms with E-state index in [1.54, 1.807) is 7.11 Å². The monoisotopic (exact) mass is 286 g/mol. The molecule has 1 aromatic rings. The predicted molar refractivity (Wildman–Crippen MR) is 74.9 cm³/mol. The van der Waals surface area contributed by atoms with Gasteiger partial charge in [0.05, 0.1) is 4.90 Å². The van der Waals surface area contributed by atoms with Crippen LogP contribution in [-0.2, 0) is 9.53 Å². The molecule has 0 saturated heterocycles. The molecule has 0 fully saturated rings. The van der Waals surface area contributed by atoms with Crippen molar-refractivity contribution in [3.8, 4) is 0 Å². The molecule has 7 heteroatoms. The van der Waals surface area contributed by atoms with Crippen molar-refractivity contribution in [2.75, 3.05) is 19.5 Å². The molecule has 0 aliphatic carbocycles. The minimum atomic E-state index is -2.86. The molecule has 1 amide bonds. The molecule has 19 heavy (non-hydrogen) atoms. The molecule has 1 rings (SSSR count). The Hall–Kier alpha value is -1.41. The molecule has 0 heterocycles. The summed E-state index contributed by atoms with van der Waals surface area (Å²) in [5.74, 6) is -0.604. The van der Waals surface area contributed by atoms with Gasteiger partial charge in [-0.05, 0) is 18.6 Å². The first-order valence-electron chi connectivity index (χ1n) is 5.62. The standard InChI is InChI=1S/C12H18N2O4S/c1-18-7-2-8-19(16,17)10-5-3-9(4-6-10)11(13)12(14)15/h3-6,13,16-17H,2,7-8H2,1H3,(H2,14,15). The Morgan fingerprint density at radius 1 is 1.37 bits per heavy atom. The van der Waals surface area contributed by atoms with Gasteiger partial charge >= 0.3 is 0 Å². The molecule has 5 N–H and O–H groups in total. The first-order valence-corrected chi connectivity index (χ1v) is 7.33. The van der Waals surface area contributed by atoms with Gasteiger partial charge in [-0.1, -0.05) is 12.1 Å². The van der Waals surface area contributed by atoms with Gasteiger partial charge in [-0.2, -0.15) is 10.6 Å². The zero-order valence-electron chi connectivity index (χ0n) is 10.6. The van der Waals surface area contributed by atoms with Crippen LogP contribution in [0.1, 0.15) is 12.0 Å². The number of carbonyl (C=O) groups is 1. The number of carbonyl (C=O) groups excluding carboxylic acids is 1. The maximum atomic E-state index is 10.8. The number of methoxy groups -OCH3 is 1. The maximum absolute atomic E-state index is 10.8. The maximum Gasteiger partial charge on any atom is 0.267 e. The summed E-state index contributed by atoms with van der Waals surface area (Å²) >= 11 is 0. The molecule has 0 aliphatic rings. The highest BCUT2D eigenvalue weighted by Crippen LogP contribution is 2.48. The fourth-order valence-electron chi connectivity index (χ4n) is 1.50. The molecule has 0 aromatic heterocycles. The average molecular weight is 286 g/mol. The van der Waals surface area contributed by atoms with Gasteiger partial charge in [-0.3, -0.25) is 19.3 Å². The lowest BCUT2D eigenvalue weighted by molar-refractivity contribution is -0.112. The molecule has 0 atom stereocenters. The summed E-state index contributed by atoms with van der Waals surface area (Å²) < 4.78 is 24.8. The first kappa shape index (κ1) is 15.6. The van der Waals surface area contributed by atoms with Crippen molar-refractivity contribution in [3.63, 3.8) is 0 Å². The lowest BCUT2D eigenvalue weighted by Crippen LogP contribution is -2.23. The molecule has 0 radical (unpaired) electrons. The van der Waals surface area contributed by atoms with Crippen LogP contribution in [-0.4, -0.2) is 40.2 Å². The van der Waals surface area contributed by atoms with Crippen molar-refractivity contribution >= 4 is 22.2 Å². The Bertz CT molecular complexity index is 459. The number of primary amides is 1. The summed E-state index contributed by atoms with van der Waals surface area (Å²) in [5, 5.41) is 7.44. The van der Waals surface area contributed by atoms with Crippen molar-refractivity contribution in [1.82, 2.24) is 0 Å². The van der Waals surface area contributed by atoms with Gasteiger partial charge in [0.2, 0.25) is 0 Å². The number of nitrogens with one attached hydrogen (secondary N) is 1. The van der Waals surface area contributed by atoms with Gasteiger partial charge < -0.3 is 10.5 Å². The first-order chi connectivity index (χ1) is 8.88. The molecule has 1 aromatic carbocycles. The SMILES string of the molecule is COCCCS(O)(O)c1ccc(C(=N)C(N)=O)cc1. The molecule has 0 aliphatic heterocycles. The number of hydrogen-bond acceptors (Lipinski definition) is 5. The summed E-state index contributed by atoms with van der Waals surface area (Å²) in [6, 6.07) is 5.95. The van der Waals surface area contributed by atoms with E-state index in [2.05, 4.69) is 0 Å². The van der Waals surface area contributed by atoms with Crippen LogP contribution in [0.3, 0.4) is 0 Å². The van der Waals surface area contributed by atoms with Crippen LogP contribution >= 0.6 is 10.6 Å². The summed E-state index contributed by atoms with van der Waals surface area (Å²) in [4.78, 5) is 11.2. The quantitative estimate of drug-likeness (QED) is 0.450. The molecule has 0 unspecified atom stereocenters. The fourth-order valence-corrected chi connectivity index (χ4v) is 2.83. The van der Waals surface area contributed by atoms with Crippen molar-refractivity contribution in [3.05, 3.63) is 29.8 Å². The van der Waals surface area contributed by atoms with Gasteiger partial charge in [0.1, 0.15) is 5.71 Å². The van der Waals surface area contributed by atoms with Gasteiger partial charge in [0.15, 0.2) is 0 Å². The molecule has 106 valence electrons. The normalized spacial score (nSPS) is 12.2. The summed E-state index contributed by atoms with van der Waals surface area (Å²) in [6.07, 6.45) is 0.539. The second kappa shape index (κ2) is 6.67. The highest BCUT2D eigenvalue weighted by molar-refractivity contribution is 8.24. The Morgan fingerprint density at radius 3 is 2.42 bits per heavy atom. The zero-order chi connectivity index (χ0) is 14.5. The van der Waals surface area contributed by atoms with E-state index in [0.717, 1.165) is 0 Å². The van der Waals surface area contributed by atoms with Gasteiger partial charge in [0.25, 0.3) is 5.91 Å². The van der Waals surface area contributed by atoms with Crippen LogP contribution in [0.15, 0.2) is 29.2 Å². The van der Waals surface area contributed by atoms with E-state index < -0.39 is 16.5 Å². The van der Waals surface area contributed by atoms with Crippen LogP contribution in [0.5, 0.6) is 0 Å². The third kappa shape index (κ3) is 4.32. The van der Waals surface area contributed by atoms with E-state index in [0.29, 0.717) is 23.5 Å². The fraction of sp³-hybridized carbons (Fsp3) is 0.333. The van der Waals surface area contributed by atoms with Gasteiger partial charge in [0, 0.05) is 25.0 Å². The number of benzene rings is 1. The molecular weight excluding hydrogens is 268 g/mol. The minimum absolute atomic E-state index is 0.216. The van der Waals surface area contributed by atoms with E-state index in [-0.39, 0.29) is 11.5 Å². The smallest absolute Gasteiger partial charge is 0.267 e. The molecule has 6 nitrogen and oxygen atoms in total. The van der Waals surface area contributed by atoms with E-state index in [1.165, 1.54) is 24.3 Å². The Labute approximate surface area is 113 Å². The van der Waals surface area contributed by atoms with Crippen LogP contribution in [0.25, 0.3) is 0 Å². The Kier molecular flexibility index (Phi) is 5.49. The van der Waals surface area contributed by atoms with Crippen LogP contribution < -0.4 is 5.73 Å². The number of rotatable bonds is 7. The van der Waals surface area contributed by atoms with Crippen LogP contribution in [0.4, 0.5) is 0 Å². The summed E-state index contributed by atoms with van der Waals surface area (Å²) in [6.45, 7) is 0.459. The van der Waals surface area contributed by atoms with Gasteiger partial charge in [-0.25, -0.2) is 0 Å². The van der Waals surface area contributed by atoms with Crippen molar-refractivity contribution in [1.29, 1.82) is 5.41 Å². The molecule has 0 bridgehead atoms. The van der Waals surface area contributed by atoms with Crippen LogP contribution in [0.2, 0.25) is 0 Å². The lowest BCUT2D eigenvalue weighted by Gasteiger charge is -2.32. The highest BCUT2D eigenvalue weighted by Gasteiger charge is 2.16. The van der Waals surface area contributed by atoms with Crippen molar-refractivity contribution in [2.24, 2.45) is 5.73 Å². The number of amides is 1. The Morgan fingerprint density at radius 2 is 1.95 bits per heavy atom. The van der Waals surface area contributed by atoms with E-state index in [4.69, 9.17) is 15.9 Å². The highest BCUT2D eigenvalue weighted by atomic mass is 32.3. The lowest BCUT2D eigenvalue weighted by atomic mass is 10.1. The second-order valence-electron chi connectivity index (χ2n) is 3.98. The topological polar surface area (TPSA) is 117 Å². The Balaban J connectivity index is 2.80. The minimum Gasteiger partial charge on any atom is -0.385 e. The molecule has 0 spiro atoms. The van der Waals surface area contributed by atoms with Gasteiger partial charge in [-0.15, -0.1) is 0 Å². The van der Waals surface area contributed by atoms with Crippen molar-refractivity contribution in [2.45, 2.75) is 11.3 Å². The second-order valence-corrected chi connectivity index (χ2v) is 6.19. The third-order valence-electron chi connectivity index (χ3n) is 2.54. The number of ether oxygens (including phenoxy) is 1. The number of hydrogen-bond donors (Lipinski definition) is 4. The number of nitrogens with two attached hydrogens (primary N) is 1. The summed E-state index contributed by atoms with van der Waals surface area (Å²) in [5.41, 5.74) is 5.05. The summed E-state index contributed by atoms with van der Waals surface area (Å²) in [7, 11) is -1.31. The predicted octanol–water partition coefficient (Wildman–Crippen LogP) is 1.69.